The fraction of sp³-hybridized carbons (Fsp3) is 0.538. The van der Waals surface area contributed by atoms with Crippen molar-refractivity contribution in [2.24, 2.45) is 0 Å². The van der Waals surface area contributed by atoms with Gasteiger partial charge >= 0.3 is 0 Å². The van der Waals surface area contributed by atoms with Crippen molar-refractivity contribution in [2.45, 2.75) is 32.4 Å². The van der Waals surface area contributed by atoms with Gasteiger partial charge in [-0.1, -0.05) is 15.9 Å². The van der Waals surface area contributed by atoms with Gasteiger partial charge in [-0.2, -0.15) is 0 Å². The van der Waals surface area contributed by atoms with Crippen LogP contribution in [0.4, 0.5) is 0 Å². The maximum atomic E-state index is 8.86. The zero-order valence-corrected chi connectivity index (χ0v) is 11.6. The van der Waals surface area contributed by atoms with E-state index in [4.69, 9.17) is 9.84 Å². The number of halogens is 1. The molecule has 0 fully saturated rings. The van der Waals surface area contributed by atoms with Crippen LogP contribution < -0.4 is 10.1 Å². The summed E-state index contributed by atoms with van der Waals surface area (Å²) in [6.07, 6.45) is 1.77. The normalized spacial score (nSPS) is 15.5. The molecule has 2 rings (SSSR count). The molecule has 1 heterocycles. The van der Waals surface area contributed by atoms with Crippen molar-refractivity contribution in [1.82, 2.24) is 5.32 Å². The molecule has 1 aliphatic rings. The highest BCUT2D eigenvalue weighted by Gasteiger charge is 2.17. The van der Waals surface area contributed by atoms with Gasteiger partial charge in [-0.05, 0) is 31.0 Å². The van der Waals surface area contributed by atoms with E-state index in [1.54, 1.807) is 0 Å². The summed E-state index contributed by atoms with van der Waals surface area (Å²) in [7, 11) is 0. The Morgan fingerprint density at radius 1 is 1.53 bits per heavy atom. The van der Waals surface area contributed by atoms with Gasteiger partial charge in [0.1, 0.15) is 5.75 Å². The topological polar surface area (TPSA) is 41.5 Å². The molecule has 2 N–H and O–H groups in total. The van der Waals surface area contributed by atoms with Gasteiger partial charge in [0.25, 0.3) is 0 Å². The fourth-order valence-corrected chi connectivity index (χ4v) is 2.61. The second-order valence-corrected chi connectivity index (χ2v) is 5.36. The lowest BCUT2D eigenvalue weighted by Gasteiger charge is -2.14. The summed E-state index contributed by atoms with van der Waals surface area (Å²) in [5.74, 6) is 1.04. The second-order valence-electron chi connectivity index (χ2n) is 4.45. The van der Waals surface area contributed by atoms with Crippen LogP contribution in [0.15, 0.2) is 16.6 Å². The van der Waals surface area contributed by atoms with E-state index in [2.05, 4.69) is 40.3 Å². The van der Waals surface area contributed by atoms with Crippen molar-refractivity contribution >= 4 is 15.9 Å². The highest BCUT2D eigenvalue weighted by molar-refractivity contribution is 9.10. The van der Waals surface area contributed by atoms with E-state index in [1.165, 1.54) is 11.1 Å². The first kappa shape index (κ1) is 12.9. The highest BCUT2D eigenvalue weighted by Crippen LogP contribution is 2.32. The number of ether oxygens (including phenoxy) is 1. The molecule has 1 aromatic carbocycles. The molecule has 0 aliphatic carbocycles. The summed E-state index contributed by atoms with van der Waals surface area (Å²) in [5.41, 5.74) is 2.47. The second kappa shape index (κ2) is 5.85. The minimum absolute atomic E-state index is 0.223. The molecule has 94 valence electrons. The molecule has 0 aromatic heterocycles. The van der Waals surface area contributed by atoms with Crippen LogP contribution in [-0.2, 0) is 13.0 Å². The molecule has 0 bridgehead atoms. The lowest BCUT2D eigenvalue weighted by Crippen LogP contribution is -2.26. The molecular weight excluding hydrogens is 282 g/mol. The van der Waals surface area contributed by atoms with Crippen LogP contribution in [0.2, 0.25) is 0 Å². The molecular formula is C13H18BrNO2. The van der Waals surface area contributed by atoms with E-state index in [0.717, 1.165) is 36.2 Å². The standard InChI is InChI=1S/C13H18BrNO2/c1-9(2-4-16)15-8-11-7-12(14)6-10-3-5-17-13(10)11/h6-7,9,15-16H,2-5,8H2,1H3/t9-/m1/s1. The largest absolute Gasteiger partial charge is 0.493 e. The molecule has 3 nitrogen and oxygen atoms in total. The Kier molecular flexibility index (Phi) is 4.42. The molecule has 1 atom stereocenters. The van der Waals surface area contributed by atoms with Crippen molar-refractivity contribution in [3.63, 3.8) is 0 Å². The zero-order valence-electron chi connectivity index (χ0n) is 10.0. The maximum Gasteiger partial charge on any atom is 0.127 e. The number of hydrogen-bond acceptors (Lipinski definition) is 3. The number of rotatable bonds is 5. The van der Waals surface area contributed by atoms with Gasteiger partial charge in [-0.3, -0.25) is 0 Å². The number of nitrogens with one attached hydrogen (secondary N) is 1. The van der Waals surface area contributed by atoms with Crippen molar-refractivity contribution in [3.8, 4) is 5.75 Å². The Bertz CT molecular complexity index is 395. The first-order chi connectivity index (χ1) is 8.20. The van der Waals surface area contributed by atoms with Crippen LogP contribution >= 0.6 is 15.9 Å². The molecule has 1 aliphatic heterocycles. The van der Waals surface area contributed by atoms with Crippen LogP contribution in [0.5, 0.6) is 5.75 Å². The minimum atomic E-state index is 0.223. The molecule has 0 saturated carbocycles. The molecule has 1 aromatic rings. The van der Waals surface area contributed by atoms with Crippen LogP contribution in [-0.4, -0.2) is 24.4 Å². The Hall–Kier alpha value is -0.580. The Morgan fingerprint density at radius 2 is 2.35 bits per heavy atom. The summed E-state index contributed by atoms with van der Waals surface area (Å²) in [5, 5.41) is 12.3. The molecule has 4 heteroatoms. The molecule has 0 spiro atoms. The molecule has 0 amide bonds. The van der Waals surface area contributed by atoms with Gasteiger partial charge in [0.15, 0.2) is 0 Å². The van der Waals surface area contributed by atoms with Crippen LogP contribution in [0.1, 0.15) is 24.5 Å². The van der Waals surface area contributed by atoms with Crippen LogP contribution in [0, 0.1) is 0 Å². The Morgan fingerprint density at radius 3 is 3.12 bits per heavy atom. The third-order valence-electron chi connectivity index (χ3n) is 3.03. The first-order valence-corrected chi connectivity index (χ1v) is 6.78. The summed E-state index contributed by atoms with van der Waals surface area (Å²) >= 11 is 3.53. The quantitative estimate of drug-likeness (QED) is 0.876. The van der Waals surface area contributed by atoms with Gasteiger partial charge in [0.05, 0.1) is 6.61 Å². The third-order valence-corrected chi connectivity index (χ3v) is 3.49. The average molecular weight is 300 g/mol. The Labute approximate surface area is 110 Å². The van der Waals surface area contributed by atoms with Crippen molar-refractivity contribution in [1.29, 1.82) is 0 Å². The van der Waals surface area contributed by atoms with Gasteiger partial charge in [-0.25, -0.2) is 0 Å². The minimum Gasteiger partial charge on any atom is -0.493 e. The van der Waals surface area contributed by atoms with Crippen molar-refractivity contribution in [2.75, 3.05) is 13.2 Å². The average Bonchev–Trinajstić information content (AvgIpc) is 2.74. The first-order valence-electron chi connectivity index (χ1n) is 5.99. The fourth-order valence-electron chi connectivity index (χ4n) is 2.06. The number of hydrogen-bond donors (Lipinski definition) is 2. The number of fused-ring (bicyclic) bond motifs is 1. The smallest absolute Gasteiger partial charge is 0.127 e. The van der Waals surface area contributed by atoms with Crippen LogP contribution in [0.25, 0.3) is 0 Å². The van der Waals surface area contributed by atoms with Crippen LogP contribution in [0.3, 0.4) is 0 Å². The van der Waals surface area contributed by atoms with E-state index in [0.29, 0.717) is 6.04 Å². The van der Waals surface area contributed by atoms with E-state index in [1.807, 2.05) is 0 Å². The monoisotopic (exact) mass is 299 g/mol. The molecule has 0 unspecified atom stereocenters. The summed E-state index contributed by atoms with van der Waals surface area (Å²) in [6.45, 7) is 3.87. The van der Waals surface area contributed by atoms with Gasteiger partial charge in [-0.15, -0.1) is 0 Å². The zero-order chi connectivity index (χ0) is 12.3. The highest BCUT2D eigenvalue weighted by atomic mass is 79.9. The lowest BCUT2D eigenvalue weighted by atomic mass is 10.1. The molecule has 0 saturated heterocycles. The third kappa shape index (κ3) is 3.21. The predicted molar refractivity (Wildman–Crippen MR) is 71.3 cm³/mol. The van der Waals surface area contributed by atoms with Crippen molar-refractivity contribution in [3.05, 3.63) is 27.7 Å². The van der Waals surface area contributed by atoms with E-state index in [-0.39, 0.29) is 6.61 Å². The molecule has 17 heavy (non-hydrogen) atoms. The number of aliphatic hydroxyl groups is 1. The Balaban J connectivity index is 2.05. The summed E-state index contributed by atoms with van der Waals surface area (Å²) in [6, 6.07) is 4.54. The van der Waals surface area contributed by atoms with E-state index < -0.39 is 0 Å². The predicted octanol–water partition coefficient (Wildman–Crippen LogP) is 2.24. The SMILES string of the molecule is C[C@H](CCO)NCc1cc(Br)cc2c1OCC2. The summed E-state index contributed by atoms with van der Waals surface area (Å²) in [4.78, 5) is 0. The van der Waals surface area contributed by atoms with E-state index >= 15 is 0 Å². The number of aliphatic hydroxyl groups excluding tert-OH is 1. The maximum absolute atomic E-state index is 8.86. The van der Waals surface area contributed by atoms with Gasteiger partial charge in [0.2, 0.25) is 0 Å². The number of benzene rings is 1. The van der Waals surface area contributed by atoms with Gasteiger partial charge < -0.3 is 15.2 Å². The molecule has 0 radical (unpaired) electrons. The van der Waals surface area contributed by atoms with Crippen molar-refractivity contribution < 1.29 is 9.84 Å². The summed E-state index contributed by atoms with van der Waals surface area (Å²) < 4.78 is 6.77. The van der Waals surface area contributed by atoms with E-state index in [9.17, 15) is 0 Å². The lowest BCUT2D eigenvalue weighted by molar-refractivity contribution is 0.268. The van der Waals surface area contributed by atoms with Gasteiger partial charge in [0, 0.05) is 35.7 Å².